The standard InChI is InChI=1S/C12H13BrN2O2/c1-16-12-9(3-2-5-15-12)7-14-8-11-10(13)4-6-17-11/h2-6,14H,7-8H2,1H3. The van der Waals surface area contributed by atoms with E-state index in [0.29, 0.717) is 19.0 Å². The maximum absolute atomic E-state index is 5.30. The third kappa shape index (κ3) is 3.08. The quantitative estimate of drug-likeness (QED) is 0.922. The molecular formula is C12H13BrN2O2. The number of furan rings is 1. The van der Waals surface area contributed by atoms with Crippen LogP contribution < -0.4 is 10.1 Å². The maximum Gasteiger partial charge on any atom is 0.217 e. The lowest BCUT2D eigenvalue weighted by Crippen LogP contribution is -2.13. The van der Waals surface area contributed by atoms with Gasteiger partial charge in [-0.15, -0.1) is 0 Å². The van der Waals surface area contributed by atoms with Crippen LogP contribution in [-0.2, 0) is 13.1 Å². The number of nitrogens with one attached hydrogen (secondary N) is 1. The van der Waals surface area contributed by atoms with Crippen molar-refractivity contribution in [1.29, 1.82) is 0 Å². The molecular weight excluding hydrogens is 284 g/mol. The van der Waals surface area contributed by atoms with E-state index in [1.54, 1.807) is 19.6 Å². The SMILES string of the molecule is COc1ncccc1CNCc1occc1Br. The van der Waals surface area contributed by atoms with Crippen molar-refractivity contribution in [3.8, 4) is 5.88 Å². The number of nitrogens with zero attached hydrogens (tertiary/aromatic N) is 1. The molecule has 5 heteroatoms. The Hall–Kier alpha value is -1.33. The highest BCUT2D eigenvalue weighted by Crippen LogP contribution is 2.18. The van der Waals surface area contributed by atoms with Crippen molar-refractivity contribution in [1.82, 2.24) is 10.3 Å². The number of pyridine rings is 1. The summed E-state index contributed by atoms with van der Waals surface area (Å²) in [5.74, 6) is 1.53. The van der Waals surface area contributed by atoms with Crippen LogP contribution in [0.2, 0.25) is 0 Å². The topological polar surface area (TPSA) is 47.3 Å². The first-order chi connectivity index (χ1) is 8.31. The lowest BCUT2D eigenvalue weighted by molar-refractivity contribution is 0.389. The zero-order valence-electron chi connectivity index (χ0n) is 9.44. The lowest BCUT2D eigenvalue weighted by Gasteiger charge is -2.07. The van der Waals surface area contributed by atoms with Crippen LogP contribution in [0, 0.1) is 0 Å². The second-order valence-electron chi connectivity index (χ2n) is 3.47. The molecule has 0 saturated carbocycles. The molecule has 0 aliphatic carbocycles. The highest BCUT2D eigenvalue weighted by Gasteiger charge is 2.05. The van der Waals surface area contributed by atoms with Gasteiger partial charge in [-0.2, -0.15) is 0 Å². The van der Waals surface area contributed by atoms with Gasteiger partial charge in [0.05, 0.1) is 24.4 Å². The van der Waals surface area contributed by atoms with Crippen molar-refractivity contribution >= 4 is 15.9 Å². The Morgan fingerprint density at radius 2 is 2.29 bits per heavy atom. The number of hydrogen-bond acceptors (Lipinski definition) is 4. The fourth-order valence-electron chi connectivity index (χ4n) is 1.50. The highest BCUT2D eigenvalue weighted by molar-refractivity contribution is 9.10. The molecule has 2 rings (SSSR count). The average molecular weight is 297 g/mol. The molecule has 90 valence electrons. The molecule has 0 aliphatic rings. The van der Waals surface area contributed by atoms with E-state index in [0.717, 1.165) is 15.8 Å². The van der Waals surface area contributed by atoms with E-state index in [1.807, 2.05) is 18.2 Å². The smallest absolute Gasteiger partial charge is 0.217 e. The molecule has 0 fully saturated rings. The normalized spacial score (nSPS) is 10.5. The van der Waals surface area contributed by atoms with Gasteiger partial charge in [-0.05, 0) is 28.1 Å². The van der Waals surface area contributed by atoms with Crippen LogP contribution >= 0.6 is 15.9 Å². The van der Waals surface area contributed by atoms with Gasteiger partial charge in [0.15, 0.2) is 0 Å². The lowest BCUT2D eigenvalue weighted by atomic mass is 10.2. The summed E-state index contributed by atoms with van der Waals surface area (Å²) in [7, 11) is 1.62. The molecule has 0 spiro atoms. The van der Waals surface area contributed by atoms with Gasteiger partial charge < -0.3 is 14.5 Å². The first-order valence-corrected chi connectivity index (χ1v) is 6.01. The highest BCUT2D eigenvalue weighted by atomic mass is 79.9. The molecule has 0 bridgehead atoms. The molecule has 0 atom stereocenters. The van der Waals surface area contributed by atoms with E-state index in [9.17, 15) is 0 Å². The Bertz CT molecular complexity index is 485. The van der Waals surface area contributed by atoms with Crippen LogP contribution in [0.15, 0.2) is 39.5 Å². The Labute approximate surface area is 108 Å². The van der Waals surface area contributed by atoms with Gasteiger partial charge >= 0.3 is 0 Å². The first-order valence-electron chi connectivity index (χ1n) is 5.21. The molecule has 0 aliphatic heterocycles. The van der Waals surface area contributed by atoms with Gasteiger partial charge in [-0.1, -0.05) is 6.07 Å². The number of rotatable bonds is 5. The van der Waals surface area contributed by atoms with Crippen molar-refractivity contribution in [2.45, 2.75) is 13.1 Å². The van der Waals surface area contributed by atoms with Gasteiger partial charge in [0, 0.05) is 18.3 Å². The molecule has 4 nitrogen and oxygen atoms in total. The summed E-state index contributed by atoms with van der Waals surface area (Å²) in [4.78, 5) is 4.14. The molecule has 0 unspecified atom stereocenters. The molecule has 0 amide bonds. The summed E-state index contributed by atoms with van der Waals surface area (Å²) < 4.78 is 11.5. The molecule has 0 saturated heterocycles. The van der Waals surface area contributed by atoms with E-state index in [1.165, 1.54) is 0 Å². The number of hydrogen-bond donors (Lipinski definition) is 1. The minimum atomic E-state index is 0.651. The monoisotopic (exact) mass is 296 g/mol. The second-order valence-corrected chi connectivity index (χ2v) is 4.32. The van der Waals surface area contributed by atoms with Crippen LogP contribution in [0.5, 0.6) is 5.88 Å². The first kappa shape index (κ1) is 12.1. The Balaban J connectivity index is 1.92. The summed E-state index contributed by atoms with van der Waals surface area (Å²) >= 11 is 3.41. The summed E-state index contributed by atoms with van der Waals surface area (Å²) in [6.45, 7) is 1.34. The molecule has 17 heavy (non-hydrogen) atoms. The number of methoxy groups -OCH3 is 1. The summed E-state index contributed by atoms with van der Waals surface area (Å²) in [6.07, 6.45) is 3.37. The van der Waals surface area contributed by atoms with Crippen LogP contribution in [0.1, 0.15) is 11.3 Å². The fourth-order valence-corrected chi connectivity index (χ4v) is 1.85. The van der Waals surface area contributed by atoms with Crippen molar-refractivity contribution < 1.29 is 9.15 Å². The van der Waals surface area contributed by atoms with Crippen molar-refractivity contribution in [3.05, 3.63) is 46.5 Å². The predicted octanol–water partition coefficient (Wildman–Crippen LogP) is 2.74. The Kier molecular flexibility index (Phi) is 4.17. The molecule has 2 aromatic rings. The van der Waals surface area contributed by atoms with Gasteiger partial charge in [0.25, 0.3) is 0 Å². The average Bonchev–Trinajstić information content (AvgIpc) is 2.76. The van der Waals surface area contributed by atoms with Crippen molar-refractivity contribution in [2.75, 3.05) is 7.11 Å². The predicted molar refractivity (Wildman–Crippen MR) is 67.7 cm³/mol. The van der Waals surface area contributed by atoms with Gasteiger partial charge in [-0.25, -0.2) is 4.98 Å². The van der Waals surface area contributed by atoms with Crippen LogP contribution in [0.3, 0.4) is 0 Å². The maximum atomic E-state index is 5.30. The molecule has 2 heterocycles. The Morgan fingerprint density at radius 3 is 3.00 bits per heavy atom. The van der Waals surface area contributed by atoms with E-state index < -0.39 is 0 Å². The van der Waals surface area contributed by atoms with E-state index in [2.05, 4.69) is 26.2 Å². The third-order valence-corrected chi connectivity index (χ3v) is 3.04. The van der Waals surface area contributed by atoms with Crippen LogP contribution in [0.4, 0.5) is 0 Å². The molecule has 2 aromatic heterocycles. The van der Waals surface area contributed by atoms with Crippen LogP contribution in [0.25, 0.3) is 0 Å². The zero-order valence-corrected chi connectivity index (χ0v) is 11.0. The van der Waals surface area contributed by atoms with Crippen LogP contribution in [-0.4, -0.2) is 12.1 Å². The molecule has 1 N–H and O–H groups in total. The van der Waals surface area contributed by atoms with Crippen molar-refractivity contribution in [3.63, 3.8) is 0 Å². The fraction of sp³-hybridized carbons (Fsp3) is 0.250. The van der Waals surface area contributed by atoms with Crippen molar-refractivity contribution in [2.24, 2.45) is 0 Å². The second kappa shape index (κ2) is 5.84. The number of ether oxygens (including phenoxy) is 1. The third-order valence-electron chi connectivity index (χ3n) is 2.34. The number of aromatic nitrogens is 1. The molecule has 0 aromatic carbocycles. The minimum Gasteiger partial charge on any atom is -0.481 e. The Morgan fingerprint density at radius 1 is 1.41 bits per heavy atom. The summed E-state index contributed by atoms with van der Waals surface area (Å²) in [5.41, 5.74) is 1.03. The van der Waals surface area contributed by atoms with E-state index in [4.69, 9.17) is 9.15 Å². The molecule has 0 radical (unpaired) electrons. The van der Waals surface area contributed by atoms with E-state index >= 15 is 0 Å². The minimum absolute atomic E-state index is 0.651. The largest absolute Gasteiger partial charge is 0.481 e. The summed E-state index contributed by atoms with van der Waals surface area (Å²) in [6, 6.07) is 5.75. The van der Waals surface area contributed by atoms with E-state index in [-0.39, 0.29) is 0 Å². The zero-order chi connectivity index (χ0) is 12.1. The van der Waals surface area contributed by atoms with Gasteiger partial charge in [0.2, 0.25) is 5.88 Å². The van der Waals surface area contributed by atoms with Gasteiger partial charge in [0.1, 0.15) is 5.76 Å². The summed E-state index contributed by atoms with van der Waals surface area (Å²) in [5, 5.41) is 3.28. The van der Waals surface area contributed by atoms with Gasteiger partial charge in [-0.3, -0.25) is 0 Å². The number of halogens is 1.